The molecule has 2 aliphatic rings. The van der Waals surface area contributed by atoms with Crippen LogP contribution in [0.4, 0.5) is 0 Å². The van der Waals surface area contributed by atoms with Gasteiger partial charge in [-0.3, -0.25) is 9.69 Å². The number of carbonyl (C=O) groups is 1. The minimum atomic E-state index is -0.647. The van der Waals surface area contributed by atoms with Gasteiger partial charge >= 0.3 is 5.97 Å². The van der Waals surface area contributed by atoms with Gasteiger partial charge in [-0.2, -0.15) is 0 Å². The van der Waals surface area contributed by atoms with E-state index in [0.29, 0.717) is 12.0 Å². The van der Waals surface area contributed by atoms with Crippen LogP contribution in [0, 0.1) is 12.8 Å². The number of benzene rings is 1. The fourth-order valence-corrected chi connectivity index (χ4v) is 3.93. The Kier molecular flexibility index (Phi) is 3.79. The smallest absolute Gasteiger partial charge is 0.320 e. The van der Waals surface area contributed by atoms with E-state index in [1.54, 1.807) is 0 Å². The second-order valence-electron chi connectivity index (χ2n) is 6.36. The molecule has 0 amide bonds. The van der Waals surface area contributed by atoms with Crippen molar-refractivity contribution in [2.24, 2.45) is 5.92 Å². The van der Waals surface area contributed by atoms with Gasteiger partial charge < -0.3 is 5.11 Å². The van der Waals surface area contributed by atoms with Crippen LogP contribution < -0.4 is 0 Å². The topological polar surface area (TPSA) is 40.5 Å². The summed E-state index contributed by atoms with van der Waals surface area (Å²) in [6.45, 7) is 2.86. The molecule has 3 rings (SSSR count). The number of hydrogen-bond acceptors (Lipinski definition) is 2. The molecule has 0 bridgehead atoms. The van der Waals surface area contributed by atoms with Gasteiger partial charge in [-0.1, -0.05) is 42.7 Å². The summed E-state index contributed by atoms with van der Waals surface area (Å²) in [6, 6.07) is 8.67. The Balaban J connectivity index is 1.80. The highest BCUT2D eigenvalue weighted by atomic mass is 16.4. The van der Waals surface area contributed by atoms with Gasteiger partial charge in [0.2, 0.25) is 0 Å². The third-order valence-corrected chi connectivity index (χ3v) is 4.99. The quantitative estimate of drug-likeness (QED) is 0.919. The first-order chi connectivity index (χ1) is 9.65. The van der Waals surface area contributed by atoms with E-state index < -0.39 is 5.97 Å². The maximum atomic E-state index is 11.6. The first-order valence-electron chi connectivity index (χ1n) is 7.69. The summed E-state index contributed by atoms with van der Waals surface area (Å²) in [5.41, 5.74) is 2.48. The predicted molar refractivity (Wildman–Crippen MR) is 78.5 cm³/mol. The van der Waals surface area contributed by atoms with E-state index in [1.807, 2.05) is 0 Å². The SMILES string of the molecule is Cc1ccc(CN2[C@H](C(=O)O)C[C@H]3CCCC[C@@H]32)cc1. The zero-order valence-corrected chi connectivity index (χ0v) is 12.1. The Hall–Kier alpha value is -1.35. The van der Waals surface area contributed by atoms with Gasteiger partial charge in [-0.25, -0.2) is 0 Å². The van der Waals surface area contributed by atoms with Gasteiger partial charge in [0.05, 0.1) is 0 Å². The predicted octanol–water partition coefficient (Wildman–Crippen LogP) is 3.21. The standard InChI is InChI=1S/C17H23NO2/c1-12-6-8-13(9-7-12)11-18-15-5-3-2-4-14(15)10-16(18)17(19)20/h6-9,14-16H,2-5,10-11H2,1H3,(H,19,20)/t14-,15+,16+/m1/s1. The Labute approximate surface area is 120 Å². The molecule has 1 aromatic carbocycles. The zero-order chi connectivity index (χ0) is 14.1. The van der Waals surface area contributed by atoms with Crippen molar-refractivity contribution in [3.63, 3.8) is 0 Å². The van der Waals surface area contributed by atoms with Crippen molar-refractivity contribution < 1.29 is 9.90 Å². The molecule has 0 unspecified atom stereocenters. The van der Waals surface area contributed by atoms with Gasteiger partial charge in [0.15, 0.2) is 0 Å². The summed E-state index contributed by atoms with van der Waals surface area (Å²) in [5.74, 6) is -0.0539. The van der Waals surface area contributed by atoms with Crippen LogP contribution in [0.15, 0.2) is 24.3 Å². The van der Waals surface area contributed by atoms with Crippen molar-refractivity contribution in [3.8, 4) is 0 Å². The maximum Gasteiger partial charge on any atom is 0.320 e. The number of aliphatic carboxylic acids is 1. The number of likely N-dealkylation sites (tertiary alicyclic amines) is 1. The Morgan fingerprint density at radius 2 is 1.95 bits per heavy atom. The Morgan fingerprint density at radius 1 is 1.25 bits per heavy atom. The summed E-state index contributed by atoms with van der Waals surface area (Å²) >= 11 is 0. The average Bonchev–Trinajstić information content (AvgIpc) is 2.81. The minimum Gasteiger partial charge on any atom is -0.480 e. The molecule has 0 spiro atoms. The molecule has 3 atom stereocenters. The molecule has 1 aliphatic carbocycles. The Bertz CT molecular complexity index is 482. The molecule has 1 N–H and O–H groups in total. The van der Waals surface area contributed by atoms with Crippen molar-refractivity contribution in [3.05, 3.63) is 35.4 Å². The summed E-state index contributed by atoms with van der Waals surface area (Å²) in [7, 11) is 0. The average molecular weight is 273 g/mol. The van der Waals surface area contributed by atoms with E-state index in [4.69, 9.17) is 0 Å². The van der Waals surface area contributed by atoms with E-state index >= 15 is 0 Å². The molecule has 0 aromatic heterocycles. The monoisotopic (exact) mass is 273 g/mol. The number of hydrogen-bond donors (Lipinski definition) is 1. The van der Waals surface area contributed by atoms with Gasteiger partial charge in [-0.05, 0) is 37.7 Å². The van der Waals surface area contributed by atoms with Gasteiger partial charge in [0, 0.05) is 12.6 Å². The number of carboxylic acids is 1. The lowest BCUT2D eigenvalue weighted by Gasteiger charge is -2.33. The second kappa shape index (κ2) is 5.57. The third kappa shape index (κ3) is 2.59. The molecule has 108 valence electrons. The van der Waals surface area contributed by atoms with Crippen molar-refractivity contribution in [2.75, 3.05) is 0 Å². The molecule has 20 heavy (non-hydrogen) atoms. The molecule has 1 aromatic rings. The van der Waals surface area contributed by atoms with Crippen LogP contribution in [0.5, 0.6) is 0 Å². The summed E-state index contributed by atoms with van der Waals surface area (Å²) in [4.78, 5) is 13.8. The highest BCUT2D eigenvalue weighted by Crippen LogP contribution is 2.40. The zero-order valence-electron chi connectivity index (χ0n) is 12.1. The van der Waals surface area contributed by atoms with E-state index in [1.165, 1.54) is 36.8 Å². The van der Waals surface area contributed by atoms with Crippen molar-refractivity contribution >= 4 is 5.97 Å². The van der Waals surface area contributed by atoms with Crippen molar-refractivity contribution in [1.29, 1.82) is 0 Å². The van der Waals surface area contributed by atoms with Crippen molar-refractivity contribution in [2.45, 2.75) is 57.7 Å². The van der Waals surface area contributed by atoms with Gasteiger partial charge in [-0.15, -0.1) is 0 Å². The summed E-state index contributed by atoms with van der Waals surface area (Å²) in [5, 5.41) is 9.51. The molecule has 3 heteroatoms. The van der Waals surface area contributed by atoms with Crippen LogP contribution in [0.25, 0.3) is 0 Å². The lowest BCUT2D eigenvalue weighted by molar-refractivity contribution is -0.142. The number of nitrogens with zero attached hydrogens (tertiary/aromatic N) is 1. The fourth-order valence-electron chi connectivity index (χ4n) is 3.93. The molecule has 1 saturated carbocycles. The van der Waals surface area contributed by atoms with Crippen LogP contribution in [0.2, 0.25) is 0 Å². The van der Waals surface area contributed by atoms with E-state index in [9.17, 15) is 9.90 Å². The maximum absolute atomic E-state index is 11.6. The first kappa shape index (κ1) is 13.6. The van der Waals surface area contributed by atoms with E-state index in [-0.39, 0.29) is 6.04 Å². The highest BCUT2D eigenvalue weighted by molar-refractivity contribution is 5.74. The van der Waals surface area contributed by atoms with Crippen LogP contribution in [0.1, 0.15) is 43.2 Å². The lowest BCUT2D eigenvalue weighted by atomic mass is 9.84. The first-order valence-corrected chi connectivity index (χ1v) is 7.69. The largest absolute Gasteiger partial charge is 0.480 e. The number of carboxylic acid groups (broad SMARTS) is 1. The van der Waals surface area contributed by atoms with Crippen LogP contribution in [-0.2, 0) is 11.3 Å². The molecule has 1 aliphatic heterocycles. The van der Waals surface area contributed by atoms with Crippen molar-refractivity contribution in [1.82, 2.24) is 4.90 Å². The van der Waals surface area contributed by atoms with Gasteiger partial charge in [0.25, 0.3) is 0 Å². The fraction of sp³-hybridized carbons (Fsp3) is 0.588. The number of rotatable bonds is 3. The van der Waals surface area contributed by atoms with E-state index in [0.717, 1.165) is 13.0 Å². The summed E-state index contributed by atoms with van der Waals surface area (Å²) < 4.78 is 0. The molecule has 0 radical (unpaired) electrons. The molecular weight excluding hydrogens is 250 g/mol. The number of fused-ring (bicyclic) bond motifs is 1. The van der Waals surface area contributed by atoms with Crippen LogP contribution >= 0.6 is 0 Å². The van der Waals surface area contributed by atoms with Crippen LogP contribution in [0.3, 0.4) is 0 Å². The summed E-state index contributed by atoms with van der Waals surface area (Å²) in [6.07, 6.45) is 5.73. The van der Waals surface area contributed by atoms with E-state index in [2.05, 4.69) is 36.1 Å². The lowest BCUT2D eigenvalue weighted by Crippen LogP contribution is -2.41. The minimum absolute atomic E-state index is 0.288. The molecular formula is C17H23NO2. The Morgan fingerprint density at radius 3 is 2.65 bits per heavy atom. The molecule has 3 nitrogen and oxygen atoms in total. The molecule has 1 saturated heterocycles. The number of aryl methyl sites for hydroxylation is 1. The molecule has 1 heterocycles. The van der Waals surface area contributed by atoms with Gasteiger partial charge in [0.1, 0.15) is 6.04 Å². The highest BCUT2D eigenvalue weighted by Gasteiger charge is 2.44. The van der Waals surface area contributed by atoms with Crippen LogP contribution in [-0.4, -0.2) is 28.1 Å². The molecule has 2 fully saturated rings. The second-order valence-corrected chi connectivity index (χ2v) is 6.36. The normalized spacial score (nSPS) is 30.1. The third-order valence-electron chi connectivity index (χ3n) is 4.99.